The maximum Gasteiger partial charge on any atom is 0.219 e. The fraction of sp³-hybridized carbons (Fsp3) is 0.200. The Labute approximate surface area is 206 Å². The van der Waals surface area contributed by atoms with E-state index in [1.165, 1.54) is 44.9 Å². The molecule has 0 N–H and O–H groups in total. The van der Waals surface area contributed by atoms with Crippen LogP contribution in [0.5, 0.6) is 0 Å². The van der Waals surface area contributed by atoms with Crippen molar-refractivity contribution in [2.45, 2.75) is 32.1 Å². The van der Waals surface area contributed by atoms with Gasteiger partial charge in [0.25, 0.3) is 0 Å². The first-order valence-corrected chi connectivity index (χ1v) is 13.2. The zero-order valence-corrected chi connectivity index (χ0v) is 20.8. The standard InChI is InChI=1S/C30H28NS2/c1-21-16-18-24(19-17-21)31-28(23-12-7-4-8-13-23)20-27(22-10-5-3-6-11-22)25-14-9-15-26(29(25)31)30(32)33-2/h3-8,10-13,16-20,26H,9,14-15H2,1-2H3/q+1. The van der Waals surface area contributed by atoms with Gasteiger partial charge in [-0.25, -0.2) is 0 Å². The minimum atomic E-state index is 0.256. The van der Waals surface area contributed by atoms with Gasteiger partial charge in [0.05, 0.1) is 10.1 Å². The fourth-order valence-electron chi connectivity index (χ4n) is 4.98. The molecule has 0 fully saturated rings. The minimum Gasteiger partial charge on any atom is -0.156 e. The van der Waals surface area contributed by atoms with E-state index in [1.807, 2.05) is 0 Å². The summed E-state index contributed by atoms with van der Waals surface area (Å²) in [4.78, 5) is 0. The summed E-state index contributed by atoms with van der Waals surface area (Å²) in [5, 5.41) is 0. The zero-order valence-electron chi connectivity index (χ0n) is 19.1. The second kappa shape index (κ2) is 9.62. The minimum absolute atomic E-state index is 0.256. The van der Waals surface area contributed by atoms with E-state index in [0.717, 1.165) is 23.5 Å². The van der Waals surface area contributed by atoms with Gasteiger partial charge >= 0.3 is 0 Å². The quantitative estimate of drug-likeness (QED) is 0.224. The SMILES string of the molecule is CSC(=S)C1CCCc2c(-c3ccccc3)cc(-c3ccccc3)[n+](-c3ccc(C)cc3)c21. The lowest BCUT2D eigenvalue weighted by Crippen LogP contribution is -2.43. The van der Waals surface area contributed by atoms with Crippen LogP contribution in [0, 0.1) is 6.92 Å². The summed E-state index contributed by atoms with van der Waals surface area (Å²) in [7, 11) is 0. The van der Waals surface area contributed by atoms with E-state index < -0.39 is 0 Å². The van der Waals surface area contributed by atoms with Crippen molar-refractivity contribution in [3.05, 3.63) is 108 Å². The average Bonchev–Trinajstić information content (AvgIpc) is 2.88. The van der Waals surface area contributed by atoms with Crippen molar-refractivity contribution in [2.24, 2.45) is 0 Å². The highest BCUT2D eigenvalue weighted by atomic mass is 32.2. The Balaban J connectivity index is 1.90. The molecule has 0 bridgehead atoms. The first-order chi connectivity index (χ1) is 16.2. The third-order valence-corrected chi connectivity index (χ3v) is 8.05. The summed E-state index contributed by atoms with van der Waals surface area (Å²) in [6.45, 7) is 2.15. The molecule has 0 saturated carbocycles. The summed E-state index contributed by atoms with van der Waals surface area (Å²) >= 11 is 7.67. The Morgan fingerprint density at radius 2 is 1.52 bits per heavy atom. The molecular weight excluding hydrogens is 438 g/mol. The average molecular weight is 467 g/mol. The largest absolute Gasteiger partial charge is 0.219 e. The lowest BCUT2D eigenvalue weighted by atomic mass is 9.82. The Hall–Kier alpha value is -2.75. The van der Waals surface area contributed by atoms with Gasteiger partial charge in [0.15, 0.2) is 0 Å². The normalized spacial score (nSPS) is 15.2. The number of rotatable bonds is 4. The number of pyridine rings is 1. The third-order valence-electron chi connectivity index (χ3n) is 6.58. The van der Waals surface area contributed by atoms with Gasteiger partial charge in [-0.1, -0.05) is 78.4 Å². The van der Waals surface area contributed by atoms with Crippen molar-refractivity contribution >= 4 is 28.2 Å². The van der Waals surface area contributed by atoms with Gasteiger partial charge in [-0.2, -0.15) is 4.57 Å². The van der Waals surface area contributed by atoms with Crippen LogP contribution in [0.2, 0.25) is 0 Å². The van der Waals surface area contributed by atoms with Gasteiger partial charge in [-0.05, 0) is 55.7 Å². The number of fused-ring (bicyclic) bond motifs is 1. The molecule has 164 valence electrons. The molecule has 3 heteroatoms. The second-order valence-corrected chi connectivity index (χ2v) is 10.2. The van der Waals surface area contributed by atoms with Crippen molar-refractivity contribution in [3.8, 4) is 28.1 Å². The van der Waals surface area contributed by atoms with Gasteiger partial charge < -0.3 is 0 Å². The smallest absolute Gasteiger partial charge is 0.156 e. The van der Waals surface area contributed by atoms with E-state index in [9.17, 15) is 0 Å². The van der Waals surface area contributed by atoms with Crippen LogP contribution in [0.15, 0.2) is 91.0 Å². The molecule has 1 aliphatic carbocycles. The number of benzene rings is 3. The zero-order chi connectivity index (χ0) is 22.8. The van der Waals surface area contributed by atoms with Crippen LogP contribution in [0.25, 0.3) is 28.1 Å². The molecule has 0 radical (unpaired) electrons. The number of hydrogen-bond acceptors (Lipinski definition) is 2. The summed E-state index contributed by atoms with van der Waals surface area (Å²) < 4.78 is 3.57. The van der Waals surface area contributed by atoms with Crippen LogP contribution in [0.1, 0.15) is 35.6 Å². The molecule has 1 aliphatic rings. The summed E-state index contributed by atoms with van der Waals surface area (Å²) in [5.74, 6) is 0.256. The van der Waals surface area contributed by atoms with Gasteiger partial charge in [-0.15, -0.1) is 11.8 Å². The Morgan fingerprint density at radius 1 is 0.879 bits per heavy atom. The predicted octanol–water partition coefficient (Wildman–Crippen LogP) is 7.72. The van der Waals surface area contributed by atoms with E-state index in [1.54, 1.807) is 11.8 Å². The van der Waals surface area contributed by atoms with Crippen LogP contribution in [-0.4, -0.2) is 10.5 Å². The molecule has 1 heterocycles. The maximum atomic E-state index is 5.95. The highest BCUT2D eigenvalue weighted by Crippen LogP contribution is 2.40. The number of thiocarbonyl (C=S) groups is 1. The summed E-state index contributed by atoms with van der Waals surface area (Å²) in [6, 6.07) is 32.9. The number of thioether (sulfide) groups is 1. The second-order valence-electron chi connectivity index (χ2n) is 8.68. The van der Waals surface area contributed by atoms with E-state index in [4.69, 9.17) is 12.2 Å². The highest BCUT2D eigenvalue weighted by molar-refractivity contribution is 8.22. The van der Waals surface area contributed by atoms with E-state index in [0.29, 0.717) is 0 Å². The van der Waals surface area contributed by atoms with Crippen LogP contribution < -0.4 is 4.57 Å². The van der Waals surface area contributed by atoms with Crippen LogP contribution >= 0.6 is 24.0 Å². The number of aryl methyl sites for hydroxylation is 1. The highest BCUT2D eigenvalue weighted by Gasteiger charge is 2.37. The topological polar surface area (TPSA) is 3.88 Å². The maximum absolute atomic E-state index is 5.95. The van der Waals surface area contributed by atoms with Gasteiger partial charge in [0.1, 0.15) is 0 Å². The molecule has 33 heavy (non-hydrogen) atoms. The van der Waals surface area contributed by atoms with Crippen molar-refractivity contribution < 1.29 is 4.57 Å². The molecule has 1 atom stereocenters. The fourth-order valence-corrected chi connectivity index (χ4v) is 5.72. The van der Waals surface area contributed by atoms with Crippen molar-refractivity contribution in [2.75, 3.05) is 6.26 Å². The first kappa shape index (κ1) is 22.1. The molecule has 0 saturated heterocycles. The number of nitrogens with zero attached hydrogens (tertiary/aromatic N) is 1. The van der Waals surface area contributed by atoms with Crippen molar-refractivity contribution in [1.82, 2.24) is 0 Å². The molecule has 0 aliphatic heterocycles. The Morgan fingerprint density at radius 3 is 2.15 bits per heavy atom. The first-order valence-electron chi connectivity index (χ1n) is 11.5. The molecule has 4 aromatic rings. The molecule has 1 nitrogen and oxygen atoms in total. The number of aromatic nitrogens is 1. The van der Waals surface area contributed by atoms with Gasteiger partial charge in [-0.3, -0.25) is 0 Å². The van der Waals surface area contributed by atoms with Gasteiger partial charge in [0, 0.05) is 29.3 Å². The summed E-state index contributed by atoms with van der Waals surface area (Å²) in [6.07, 6.45) is 5.46. The molecule has 0 spiro atoms. The Bertz CT molecular complexity index is 1280. The Kier molecular flexibility index (Phi) is 6.43. The lowest BCUT2D eigenvalue weighted by Gasteiger charge is -2.26. The molecule has 0 amide bonds. The van der Waals surface area contributed by atoms with Crippen LogP contribution in [-0.2, 0) is 6.42 Å². The molecule has 5 rings (SSSR count). The number of hydrogen-bond donors (Lipinski definition) is 0. The predicted molar refractivity (Wildman–Crippen MR) is 145 cm³/mol. The van der Waals surface area contributed by atoms with E-state index >= 15 is 0 Å². The van der Waals surface area contributed by atoms with E-state index in [-0.39, 0.29) is 5.92 Å². The third kappa shape index (κ3) is 4.28. The summed E-state index contributed by atoms with van der Waals surface area (Å²) in [5.41, 5.74) is 10.3. The van der Waals surface area contributed by atoms with Crippen LogP contribution in [0.3, 0.4) is 0 Å². The lowest BCUT2D eigenvalue weighted by molar-refractivity contribution is -0.594. The van der Waals surface area contributed by atoms with Crippen molar-refractivity contribution in [3.63, 3.8) is 0 Å². The van der Waals surface area contributed by atoms with Crippen LogP contribution in [0.4, 0.5) is 0 Å². The monoisotopic (exact) mass is 466 g/mol. The van der Waals surface area contributed by atoms with Gasteiger partial charge in [0.2, 0.25) is 17.1 Å². The molecule has 1 aromatic heterocycles. The van der Waals surface area contributed by atoms with E-state index in [2.05, 4.69) is 109 Å². The molecule has 1 unspecified atom stereocenters. The molecular formula is C30H28NS2+. The molecule has 3 aromatic carbocycles. The van der Waals surface area contributed by atoms with Crippen molar-refractivity contribution in [1.29, 1.82) is 0 Å².